The molecular formula is C20H22N2O5S. The van der Waals surface area contributed by atoms with E-state index in [1.165, 1.54) is 6.26 Å². The number of hydrogen-bond donors (Lipinski definition) is 0. The van der Waals surface area contributed by atoms with Crippen LogP contribution in [0.3, 0.4) is 0 Å². The second-order valence-electron chi connectivity index (χ2n) is 7.41. The standard InChI is InChI=1S/C20H22N2O5S/c1-28(25,26)17-6-7-18-14(10-17)4-2-8-22(18)20(24)15-11-19(23)21(12-15)13-16-5-3-9-27-16/h3,5-7,9-10,15H,2,4,8,11-13H2,1H3. The summed E-state index contributed by atoms with van der Waals surface area (Å²) in [6.07, 6.45) is 4.43. The van der Waals surface area contributed by atoms with Crippen LogP contribution in [0, 0.1) is 5.92 Å². The van der Waals surface area contributed by atoms with Crippen LogP contribution in [0.2, 0.25) is 0 Å². The van der Waals surface area contributed by atoms with Crippen LogP contribution in [0.25, 0.3) is 0 Å². The molecule has 1 fully saturated rings. The first kappa shape index (κ1) is 18.7. The fourth-order valence-electron chi connectivity index (χ4n) is 3.93. The predicted octanol–water partition coefficient (Wildman–Crippen LogP) is 2.01. The van der Waals surface area contributed by atoms with Gasteiger partial charge >= 0.3 is 0 Å². The monoisotopic (exact) mass is 402 g/mol. The number of amides is 2. The number of sulfone groups is 1. The first-order valence-electron chi connectivity index (χ1n) is 9.27. The summed E-state index contributed by atoms with van der Waals surface area (Å²) in [5.41, 5.74) is 1.61. The lowest BCUT2D eigenvalue weighted by atomic mass is 9.99. The molecule has 4 rings (SSSR count). The SMILES string of the molecule is CS(=O)(=O)c1ccc2c(c1)CCCN2C(=O)C1CC(=O)N(Cc2ccco2)C1. The summed E-state index contributed by atoms with van der Waals surface area (Å²) in [5, 5.41) is 0. The van der Waals surface area contributed by atoms with E-state index in [-0.39, 0.29) is 23.1 Å². The molecule has 0 radical (unpaired) electrons. The zero-order valence-electron chi connectivity index (χ0n) is 15.6. The van der Waals surface area contributed by atoms with Crippen molar-refractivity contribution in [3.05, 3.63) is 47.9 Å². The Morgan fingerprint density at radius 3 is 2.82 bits per heavy atom. The number of carbonyl (C=O) groups is 2. The Hall–Kier alpha value is -2.61. The number of furan rings is 1. The van der Waals surface area contributed by atoms with Crippen molar-refractivity contribution in [1.29, 1.82) is 0 Å². The lowest BCUT2D eigenvalue weighted by Gasteiger charge is -2.31. The van der Waals surface area contributed by atoms with Crippen LogP contribution in [0.1, 0.15) is 24.2 Å². The first-order chi connectivity index (χ1) is 13.3. The second kappa shape index (κ2) is 7.09. The highest BCUT2D eigenvalue weighted by Crippen LogP contribution is 2.32. The van der Waals surface area contributed by atoms with Crippen LogP contribution in [0.5, 0.6) is 0 Å². The molecule has 0 N–H and O–H groups in total. The highest BCUT2D eigenvalue weighted by Gasteiger charge is 2.38. The minimum Gasteiger partial charge on any atom is -0.467 e. The van der Waals surface area contributed by atoms with Crippen LogP contribution in [-0.4, -0.2) is 44.5 Å². The average Bonchev–Trinajstić information content (AvgIpc) is 3.30. The van der Waals surface area contributed by atoms with E-state index < -0.39 is 15.8 Å². The van der Waals surface area contributed by atoms with E-state index in [0.29, 0.717) is 25.4 Å². The molecule has 1 saturated heterocycles. The van der Waals surface area contributed by atoms with E-state index in [4.69, 9.17) is 4.42 Å². The number of likely N-dealkylation sites (tertiary alicyclic amines) is 1. The molecule has 2 aromatic rings. The largest absolute Gasteiger partial charge is 0.467 e. The summed E-state index contributed by atoms with van der Waals surface area (Å²) >= 11 is 0. The van der Waals surface area contributed by atoms with Gasteiger partial charge in [-0.25, -0.2) is 8.42 Å². The van der Waals surface area contributed by atoms with E-state index in [2.05, 4.69) is 0 Å². The lowest BCUT2D eigenvalue weighted by Crippen LogP contribution is -2.40. The molecule has 28 heavy (non-hydrogen) atoms. The van der Waals surface area contributed by atoms with Crippen LogP contribution in [0.4, 0.5) is 5.69 Å². The van der Waals surface area contributed by atoms with Gasteiger partial charge in [-0.15, -0.1) is 0 Å². The summed E-state index contributed by atoms with van der Waals surface area (Å²) in [6.45, 7) is 1.31. The molecular weight excluding hydrogens is 380 g/mol. The highest BCUT2D eigenvalue weighted by atomic mass is 32.2. The maximum absolute atomic E-state index is 13.1. The van der Waals surface area contributed by atoms with Crippen molar-refractivity contribution >= 4 is 27.3 Å². The predicted molar refractivity (Wildman–Crippen MR) is 102 cm³/mol. The molecule has 0 spiro atoms. The maximum Gasteiger partial charge on any atom is 0.232 e. The van der Waals surface area contributed by atoms with Gasteiger partial charge < -0.3 is 14.2 Å². The van der Waals surface area contributed by atoms with Crippen LogP contribution >= 0.6 is 0 Å². The van der Waals surface area contributed by atoms with Gasteiger partial charge in [0, 0.05) is 31.5 Å². The van der Waals surface area contributed by atoms with Crippen LogP contribution in [-0.2, 0) is 32.4 Å². The van der Waals surface area contributed by atoms with Gasteiger partial charge in [-0.3, -0.25) is 9.59 Å². The van der Waals surface area contributed by atoms with Crippen molar-refractivity contribution in [3.63, 3.8) is 0 Å². The van der Waals surface area contributed by atoms with Crippen molar-refractivity contribution in [3.8, 4) is 0 Å². The van der Waals surface area contributed by atoms with E-state index in [1.807, 2.05) is 6.07 Å². The van der Waals surface area contributed by atoms with Crippen molar-refractivity contribution in [2.45, 2.75) is 30.7 Å². The Morgan fingerprint density at radius 2 is 2.11 bits per heavy atom. The lowest BCUT2D eigenvalue weighted by molar-refractivity contribution is -0.129. The fraction of sp³-hybridized carbons (Fsp3) is 0.400. The molecule has 3 heterocycles. The second-order valence-corrected chi connectivity index (χ2v) is 9.43. The average molecular weight is 402 g/mol. The van der Waals surface area contributed by atoms with Crippen molar-refractivity contribution < 1.29 is 22.4 Å². The van der Waals surface area contributed by atoms with E-state index in [9.17, 15) is 18.0 Å². The van der Waals surface area contributed by atoms with Gasteiger partial charge in [0.25, 0.3) is 0 Å². The van der Waals surface area contributed by atoms with Crippen LogP contribution < -0.4 is 4.90 Å². The number of hydrogen-bond acceptors (Lipinski definition) is 5. The zero-order valence-corrected chi connectivity index (χ0v) is 16.4. The smallest absolute Gasteiger partial charge is 0.232 e. The summed E-state index contributed by atoms with van der Waals surface area (Å²) in [5.74, 6) is 0.156. The van der Waals surface area contributed by atoms with Gasteiger partial charge in [0.2, 0.25) is 11.8 Å². The molecule has 0 aliphatic carbocycles. The molecule has 1 atom stereocenters. The molecule has 7 nitrogen and oxygen atoms in total. The third-order valence-electron chi connectivity index (χ3n) is 5.35. The Bertz CT molecular complexity index is 1010. The number of carbonyl (C=O) groups excluding carboxylic acids is 2. The summed E-state index contributed by atoms with van der Waals surface area (Å²) in [7, 11) is -3.29. The number of anilines is 1. The number of fused-ring (bicyclic) bond motifs is 1. The van der Waals surface area contributed by atoms with Crippen molar-refractivity contribution in [1.82, 2.24) is 4.90 Å². The normalized spacial score (nSPS) is 19.8. The van der Waals surface area contributed by atoms with Crippen molar-refractivity contribution in [2.75, 3.05) is 24.2 Å². The summed E-state index contributed by atoms with van der Waals surface area (Å²) in [4.78, 5) is 29.1. The van der Waals surface area contributed by atoms with Crippen LogP contribution in [0.15, 0.2) is 45.9 Å². The summed E-state index contributed by atoms with van der Waals surface area (Å²) in [6, 6.07) is 8.49. The molecule has 1 aromatic carbocycles. The van der Waals surface area contributed by atoms with E-state index >= 15 is 0 Å². The molecule has 148 valence electrons. The number of rotatable bonds is 4. The molecule has 0 saturated carbocycles. The highest BCUT2D eigenvalue weighted by molar-refractivity contribution is 7.90. The molecule has 8 heteroatoms. The number of nitrogens with zero attached hydrogens (tertiary/aromatic N) is 2. The van der Waals surface area contributed by atoms with Gasteiger partial charge in [0.1, 0.15) is 5.76 Å². The Kier molecular flexibility index (Phi) is 4.74. The number of aryl methyl sites for hydroxylation is 1. The molecule has 1 aromatic heterocycles. The zero-order chi connectivity index (χ0) is 19.9. The molecule has 0 bridgehead atoms. The first-order valence-corrected chi connectivity index (χ1v) is 11.2. The van der Waals surface area contributed by atoms with E-state index in [1.54, 1.807) is 40.3 Å². The molecule has 2 amide bonds. The van der Waals surface area contributed by atoms with Gasteiger partial charge in [0.05, 0.1) is 23.6 Å². The van der Waals surface area contributed by atoms with Crippen molar-refractivity contribution in [2.24, 2.45) is 5.92 Å². The molecule has 2 aliphatic rings. The van der Waals surface area contributed by atoms with Gasteiger partial charge in [-0.05, 0) is 48.7 Å². The van der Waals surface area contributed by atoms with Gasteiger partial charge in [-0.2, -0.15) is 0 Å². The third-order valence-corrected chi connectivity index (χ3v) is 6.46. The number of benzene rings is 1. The molecule has 1 unspecified atom stereocenters. The Morgan fingerprint density at radius 1 is 1.29 bits per heavy atom. The maximum atomic E-state index is 13.1. The topological polar surface area (TPSA) is 87.9 Å². The van der Waals surface area contributed by atoms with Gasteiger partial charge in [0.15, 0.2) is 9.84 Å². The van der Waals surface area contributed by atoms with E-state index in [0.717, 1.165) is 24.1 Å². The fourth-order valence-corrected chi connectivity index (χ4v) is 4.61. The third kappa shape index (κ3) is 3.56. The minimum atomic E-state index is -3.29. The Labute approximate surface area is 163 Å². The van der Waals surface area contributed by atoms with Gasteiger partial charge in [-0.1, -0.05) is 0 Å². The minimum absolute atomic E-state index is 0.0561. The molecule has 2 aliphatic heterocycles. The Balaban J connectivity index is 1.53. The quantitative estimate of drug-likeness (QED) is 0.781. The summed E-state index contributed by atoms with van der Waals surface area (Å²) < 4.78 is 28.9.